The number of rotatable bonds is 5. The Hall–Kier alpha value is -2.54. The Bertz CT molecular complexity index is 918. The van der Waals surface area contributed by atoms with Gasteiger partial charge in [-0.25, -0.2) is 4.98 Å². The fourth-order valence-corrected chi connectivity index (χ4v) is 3.23. The van der Waals surface area contributed by atoms with E-state index < -0.39 is 0 Å². The van der Waals surface area contributed by atoms with Crippen molar-refractivity contribution in [2.45, 2.75) is 32.8 Å². The van der Waals surface area contributed by atoms with Gasteiger partial charge in [-0.1, -0.05) is 48.6 Å². The maximum absolute atomic E-state index is 12.0. The normalized spacial score (nSPS) is 12.2. The number of carbonyl (C=O) groups is 1. The summed E-state index contributed by atoms with van der Waals surface area (Å²) in [4.78, 5) is 28.6. The van der Waals surface area contributed by atoms with E-state index in [9.17, 15) is 9.59 Å². The molecule has 0 bridgehead atoms. The Labute approximate surface area is 142 Å². The van der Waals surface area contributed by atoms with Crippen molar-refractivity contribution in [3.63, 3.8) is 0 Å². The van der Waals surface area contributed by atoms with Crippen LogP contribution in [-0.4, -0.2) is 20.6 Å². The van der Waals surface area contributed by atoms with Gasteiger partial charge < -0.3 is 4.74 Å². The molecule has 0 N–H and O–H groups in total. The number of fused-ring (bicyclic) bond motifs is 1. The van der Waals surface area contributed by atoms with E-state index in [1.165, 1.54) is 21.9 Å². The number of hydrogen-bond acceptors (Lipinski definition) is 6. The van der Waals surface area contributed by atoms with Gasteiger partial charge in [0.15, 0.2) is 5.01 Å². The van der Waals surface area contributed by atoms with Crippen molar-refractivity contribution >= 4 is 22.3 Å². The Morgan fingerprint density at radius 2 is 2.08 bits per heavy atom. The van der Waals surface area contributed by atoms with Gasteiger partial charge in [-0.2, -0.15) is 9.61 Å². The second kappa shape index (κ2) is 6.92. The third-order valence-corrected chi connectivity index (χ3v) is 4.49. The Balaban J connectivity index is 1.62. The van der Waals surface area contributed by atoms with Crippen LogP contribution in [0.5, 0.6) is 0 Å². The molecule has 2 aromatic heterocycles. The zero-order valence-electron chi connectivity index (χ0n) is 13.4. The summed E-state index contributed by atoms with van der Waals surface area (Å²) in [6.07, 6.45) is 0.298. The molecule has 3 rings (SSSR count). The first-order chi connectivity index (χ1) is 11.5. The van der Waals surface area contributed by atoms with Gasteiger partial charge in [-0.05, 0) is 18.4 Å². The first-order valence-electron chi connectivity index (χ1n) is 7.60. The van der Waals surface area contributed by atoms with Crippen molar-refractivity contribution in [3.8, 4) is 0 Å². The number of nitrogens with zero attached hydrogens (tertiary/aromatic N) is 3. The van der Waals surface area contributed by atoms with Gasteiger partial charge in [0.2, 0.25) is 4.96 Å². The monoisotopic (exact) mass is 343 g/mol. The van der Waals surface area contributed by atoms with Crippen LogP contribution in [0.1, 0.15) is 35.5 Å². The highest BCUT2D eigenvalue weighted by Gasteiger charge is 2.14. The maximum Gasteiger partial charge on any atom is 0.306 e. The lowest BCUT2D eigenvalue weighted by atomic mass is 9.98. The lowest BCUT2D eigenvalue weighted by Gasteiger charge is -2.10. The summed E-state index contributed by atoms with van der Waals surface area (Å²) in [5.41, 5.74) is 1.51. The van der Waals surface area contributed by atoms with Crippen LogP contribution in [0.3, 0.4) is 0 Å². The van der Waals surface area contributed by atoms with E-state index in [2.05, 4.69) is 10.1 Å². The van der Waals surface area contributed by atoms with Crippen LogP contribution in [-0.2, 0) is 16.1 Å². The number of ether oxygens (including phenoxy) is 1. The van der Waals surface area contributed by atoms with Crippen molar-refractivity contribution in [1.29, 1.82) is 0 Å². The topological polar surface area (TPSA) is 73.6 Å². The van der Waals surface area contributed by atoms with Crippen molar-refractivity contribution in [2.24, 2.45) is 0 Å². The lowest BCUT2D eigenvalue weighted by Crippen LogP contribution is -2.14. The van der Waals surface area contributed by atoms with Gasteiger partial charge in [0.05, 0.1) is 6.42 Å². The molecular formula is C17H17N3O3S. The van der Waals surface area contributed by atoms with E-state index in [4.69, 9.17) is 4.74 Å². The molecule has 0 spiro atoms. The summed E-state index contributed by atoms with van der Waals surface area (Å²) < 4.78 is 6.52. The zero-order valence-corrected chi connectivity index (χ0v) is 14.2. The Morgan fingerprint density at radius 3 is 2.83 bits per heavy atom. The van der Waals surface area contributed by atoms with Crippen molar-refractivity contribution in [3.05, 3.63) is 63.0 Å². The van der Waals surface area contributed by atoms with E-state index in [0.717, 1.165) is 5.56 Å². The Kier molecular flexibility index (Phi) is 4.71. The molecule has 0 saturated heterocycles. The van der Waals surface area contributed by atoms with Crippen molar-refractivity contribution in [1.82, 2.24) is 14.6 Å². The molecule has 2 heterocycles. The van der Waals surface area contributed by atoms with Gasteiger partial charge in [0.25, 0.3) is 5.56 Å². The summed E-state index contributed by atoms with van der Waals surface area (Å²) in [7, 11) is 0. The quantitative estimate of drug-likeness (QED) is 0.666. The molecule has 0 aliphatic rings. The van der Waals surface area contributed by atoms with Crippen LogP contribution < -0.4 is 5.56 Å². The standard InChI is InChI=1S/C17H17N3O3S/c1-11(13-6-4-3-5-7-13)8-16(22)23-10-14-19-20-15(21)9-12(2)18-17(20)24-14/h3-7,9,11H,8,10H2,1-2H3/t11-/m1/s1. The number of benzene rings is 1. The number of aryl methyl sites for hydroxylation is 1. The fourth-order valence-electron chi connectivity index (χ4n) is 2.37. The molecule has 1 atom stereocenters. The number of hydrogen-bond donors (Lipinski definition) is 0. The highest BCUT2D eigenvalue weighted by atomic mass is 32.1. The molecule has 124 valence electrons. The number of esters is 1. The van der Waals surface area contributed by atoms with Gasteiger partial charge in [0, 0.05) is 11.8 Å². The fraction of sp³-hybridized carbons (Fsp3) is 0.294. The molecule has 24 heavy (non-hydrogen) atoms. The summed E-state index contributed by atoms with van der Waals surface area (Å²) >= 11 is 1.25. The van der Waals surface area contributed by atoms with Crippen LogP contribution in [0.4, 0.5) is 0 Å². The smallest absolute Gasteiger partial charge is 0.306 e. The maximum atomic E-state index is 12.0. The van der Waals surface area contributed by atoms with E-state index in [-0.39, 0.29) is 24.1 Å². The summed E-state index contributed by atoms with van der Waals surface area (Å²) in [6, 6.07) is 11.2. The molecule has 6 nitrogen and oxygen atoms in total. The molecule has 3 aromatic rings. The van der Waals surface area contributed by atoms with Crippen LogP contribution in [0.25, 0.3) is 4.96 Å². The second-order valence-corrected chi connectivity index (χ2v) is 6.64. The third kappa shape index (κ3) is 3.68. The Morgan fingerprint density at radius 1 is 1.33 bits per heavy atom. The molecule has 0 radical (unpaired) electrons. The van der Waals surface area contributed by atoms with E-state index in [1.54, 1.807) is 6.92 Å². The molecule has 0 aliphatic carbocycles. The van der Waals surface area contributed by atoms with E-state index in [0.29, 0.717) is 22.1 Å². The summed E-state index contributed by atoms with van der Waals surface area (Å²) in [6.45, 7) is 3.79. The zero-order chi connectivity index (χ0) is 17.1. The minimum Gasteiger partial charge on any atom is -0.458 e. The van der Waals surface area contributed by atoms with Crippen molar-refractivity contribution < 1.29 is 9.53 Å². The first-order valence-corrected chi connectivity index (χ1v) is 8.41. The molecule has 0 fully saturated rings. The SMILES string of the molecule is Cc1cc(=O)n2nc(COC(=O)C[C@@H](C)c3ccccc3)sc2n1. The molecule has 0 saturated carbocycles. The van der Waals surface area contributed by atoms with Crippen molar-refractivity contribution in [2.75, 3.05) is 0 Å². The van der Waals surface area contributed by atoms with Gasteiger partial charge in [-0.15, -0.1) is 0 Å². The predicted octanol–water partition coefficient (Wildman–Crippen LogP) is 2.70. The van der Waals surface area contributed by atoms with Crippen LogP contribution in [0, 0.1) is 6.92 Å². The highest BCUT2D eigenvalue weighted by Crippen LogP contribution is 2.19. The number of carbonyl (C=O) groups excluding carboxylic acids is 1. The molecular weight excluding hydrogens is 326 g/mol. The average molecular weight is 343 g/mol. The first kappa shape index (κ1) is 16.3. The highest BCUT2D eigenvalue weighted by molar-refractivity contribution is 7.16. The molecule has 0 aliphatic heterocycles. The summed E-state index contributed by atoms with van der Waals surface area (Å²) in [5, 5.41) is 4.69. The predicted molar refractivity (Wildman–Crippen MR) is 91.1 cm³/mol. The van der Waals surface area contributed by atoms with Gasteiger partial charge >= 0.3 is 5.97 Å². The molecule has 0 unspecified atom stereocenters. The average Bonchev–Trinajstić information content (AvgIpc) is 2.97. The van der Waals surface area contributed by atoms with Crippen LogP contribution >= 0.6 is 11.3 Å². The third-order valence-electron chi connectivity index (χ3n) is 3.61. The minimum absolute atomic E-state index is 0.0485. The van der Waals surface area contributed by atoms with Gasteiger partial charge in [0.1, 0.15) is 6.61 Å². The molecule has 7 heteroatoms. The lowest BCUT2D eigenvalue weighted by molar-refractivity contribution is -0.145. The molecule has 1 aromatic carbocycles. The molecule has 0 amide bonds. The summed E-state index contributed by atoms with van der Waals surface area (Å²) in [5.74, 6) is -0.205. The number of aromatic nitrogens is 3. The van der Waals surface area contributed by atoms with Crippen LogP contribution in [0.2, 0.25) is 0 Å². The minimum atomic E-state index is -0.290. The largest absolute Gasteiger partial charge is 0.458 e. The van der Waals surface area contributed by atoms with Gasteiger partial charge in [-0.3, -0.25) is 9.59 Å². The van der Waals surface area contributed by atoms with Crippen LogP contribution in [0.15, 0.2) is 41.2 Å². The van der Waals surface area contributed by atoms with E-state index in [1.807, 2.05) is 37.3 Å². The van der Waals surface area contributed by atoms with E-state index >= 15 is 0 Å². The second-order valence-electron chi connectivity index (χ2n) is 5.60.